The largest absolute Gasteiger partial charge is 0.341 e. The second-order valence-electron chi connectivity index (χ2n) is 9.33. The smallest absolute Gasteiger partial charge is 0.321 e. The van der Waals surface area contributed by atoms with Crippen LogP contribution in [0.1, 0.15) is 64.9 Å². The number of anilines is 1. The van der Waals surface area contributed by atoms with Crippen LogP contribution in [0.2, 0.25) is 0 Å². The Morgan fingerprint density at radius 2 is 1.54 bits per heavy atom. The fourth-order valence-corrected chi connectivity index (χ4v) is 4.22. The van der Waals surface area contributed by atoms with E-state index in [4.69, 9.17) is 0 Å². The van der Waals surface area contributed by atoms with E-state index in [2.05, 4.69) is 38.2 Å². The Labute approximate surface area is 169 Å². The minimum absolute atomic E-state index is 0.0754. The molecular formula is C23H35N3O2. The zero-order chi connectivity index (χ0) is 20.1. The van der Waals surface area contributed by atoms with Crippen LogP contribution in [-0.4, -0.2) is 47.9 Å². The Hall–Kier alpha value is -2.04. The van der Waals surface area contributed by atoms with Gasteiger partial charge in [0.05, 0.1) is 0 Å². The van der Waals surface area contributed by atoms with E-state index in [1.165, 1.54) is 31.2 Å². The minimum atomic E-state index is -0.0754. The summed E-state index contributed by atoms with van der Waals surface area (Å²) >= 11 is 0. The fourth-order valence-electron chi connectivity index (χ4n) is 4.22. The molecule has 1 aliphatic heterocycles. The number of nitrogens with one attached hydrogen (secondary N) is 1. The summed E-state index contributed by atoms with van der Waals surface area (Å²) in [4.78, 5) is 29.1. The number of benzene rings is 1. The summed E-state index contributed by atoms with van der Waals surface area (Å²) in [6.45, 7) is 9.23. The number of amides is 3. The number of nitrogens with zero attached hydrogens (tertiary/aromatic N) is 2. The van der Waals surface area contributed by atoms with Crippen molar-refractivity contribution in [3.05, 3.63) is 29.8 Å². The molecule has 0 unspecified atom stereocenters. The average molecular weight is 386 g/mol. The summed E-state index contributed by atoms with van der Waals surface area (Å²) in [5, 5.41) is 3.00. The number of rotatable bonds is 3. The Morgan fingerprint density at radius 1 is 0.929 bits per heavy atom. The first-order valence-electron chi connectivity index (χ1n) is 10.8. The highest BCUT2D eigenvalue weighted by Gasteiger charge is 2.25. The maximum Gasteiger partial charge on any atom is 0.321 e. The van der Waals surface area contributed by atoms with Gasteiger partial charge in [-0.3, -0.25) is 4.79 Å². The van der Waals surface area contributed by atoms with E-state index in [9.17, 15) is 9.59 Å². The molecule has 1 N–H and O–H groups in total. The van der Waals surface area contributed by atoms with Crippen molar-refractivity contribution in [1.29, 1.82) is 0 Å². The van der Waals surface area contributed by atoms with E-state index in [0.29, 0.717) is 32.0 Å². The molecule has 1 saturated heterocycles. The summed E-state index contributed by atoms with van der Waals surface area (Å²) in [7, 11) is 0. The summed E-state index contributed by atoms with van der Waals surface area (Å²) < 4.78 is 0. The molecule has 1 heterocycles. The molecule has 1 aliphatic carbocycles. The summed E-state index contributed by atoms with van der Waals surface area (Å²) in [5.74, 6) is 0.846. The van der Waals surface area contributed by atoms with Crippen LogP contribution in [0.5, 0.6) is 0 Å². The van der Waals surface area contributed by atoms with Crippen molar-refractivity contribution in [2.75, 3.05) is 31.5 Å². The van der Waals surface area contributed by atoms with Gasteiger partial charge < -0.3 is 15.1 Å². The summed E-state index contributed by atoms with van der Waals surface area (Å²) in [5.41, 5.74) is 2.16. The lowest BCUT2D eigenvalue weighted by atomic mass is 9.87. The molecule has 0 spiro atoms. The molecule has 3 rings (SSSR count). The van der Waals surface area contributed by atoms with Crippen LogP contribution >= 0.6 is 0 Å². The van der Waals surface area contributed by atoms with Crippen LogP contribution < -0.4 is 5.32 Å². The van der Waals surface area contributed by atoms with Gasteiger partial charge >= 0.3 is 6.03 Å². The van der Waals surface area contributed by atoms with Crippen molar-refractivity contribution >= 4 is 17.6 Å². The van der Waals surface area contributed by atoms with E-state index in [-0.39, 0.29) is 17.4 Å². The van der Waals surface area contributed by atoms with Crippen molar-refractivity contribution in [1.82, 2.24) is 9.80 Å². The van der Waals surface area contributed by atoms with Crippen LogP contribution in [0.3, 0.4) is 0 Å². The zero-order valence-corrected chi connectivity index (χ0v) is 17.7. The maximum atomic E-state index is 12.7. The summed E-state index contributed by atoms with van der Waals surface area (Å²) in [6, 6.07) is 8.00. The van der Waals surface area contributed by atoms with Gasteiger partial charge in [0.2, 0.25) is 5.91 Å². The third-order valence-electron chi connectivity index (χ3n) is 6.08. The van der Waals surface area contributed by atoms with Gasteiger partial charge in [-0.25, -0.2) is 4.79 Å². The van der Waals surface area contributed by atoms with Crippen LogP contribution in [0.15, 0.2) is 24.3 Å². The highest BCUT2D eigenvalue weighted by atomic mass is 16.2. The molecule has 0 aromatic heterocycles. The number of hydrogen-bond acceptors (Lipinski definition) is 2. The van der Waals surface area contributed by atoms with Crippen molar-refractivity contribution in [2.24, 2.45) is 5.92 Å². The van der Waals surface area contributed by atoms with E-state index in [1.54, 1.807) is 0 Å². The second-order valence-corrected chi connectivity index (χ2v) is 9.33. The van der Waals surface area contributed by atoms with Gasteiger partial charge in [0.15, 0.2) is 0 Å². The predicted octanol–water partition coefficient (Wildman–Crippen LogP) is 4.63. The van der Waals surface area contributed by atoms with Crippen LogP contribution in [0, 0.1) is 5.92 Å². The van der Waals surface area contributed by atoms with E-state index in [0.717, 1.165) is 18.7 Å². The molecular weight excluding hydrogens is 350 g/mol. The molecule has 28 heavy (non-hydrogen) atoms. The van der Waals surface area contributed by atoms with Crippen molar-refractivity contribution in [3.63, 3.8) is 0 Å². The van der Waals surface area contributed by atoms with Crippen LogP contribution in [0.4, 0.5) is 10.5 Å². The Bertz CT molecular complexity index is 672. The van der Waals surface area contributed by atoms with Crippen molar-refractivity contribution in [2.45, 2.75) is 64.7 Å². The Morgan fingerprint density at radius 3 is 2.18 bits per heavy atom. The molecule has 1 aromatic rings. The number of urea groups is 1. The lowest BCUT2D eigenvalue weighted by Crippen LogP contribution is -2.39. The van der Waals surface area contributed by atoms with Gasteiger partial charge in [0.1, 0.15) is 0 Å². The van der Waals surface area contributed by atoms with E-state index in [1.807, 2.05) is 21.9 Å². The lowest BCUT2D eigenvalue weighted by Gasteiger charge is -2.24. The number of hydrogen-bond donors (Lipinski definition) is 1. The van der Waals surface area contributed by atoms with Gasteiger partial charge in [-0.1, -0.05) is 45.7 Å². The number of carbonyl (C=O) groups is 2. The quantitative estimate of drug-likeness (QED) is 0.825. The average Bonchev–Trinajstić information content (AvgIpc) is 3.02. The van der Waals surface area contributed by atoms with E-state index < -0.39 is 0 Å². The summed E-state index contributed by atoms with van der Waals surface area (Å²) in [6.07, 6.45) is 6.45. The van der Waals surface area contributed by atoms with Gasteiger partial charge in [-0.15, -0.1) is 0 Å². The molecule has 154 valence electrons. The minimum Gasteiger partial charge on any atom is -0.341 e. The molecule has 1 saturated carbocycles. The molecule has 1 aromatic carbocycles. The monoisotopic (exact) mass is 385 g/mol. The normalized spacial score (nSPS) is 18.8. The van der Waals surface area contributed by atoms with Gasteiger partial charge in [0.25, 0.3) is 0 Å². The second kappa shape index (κ2) is 8.97. The lowest BCUT2D eigenvalue weighted by molar-refractivity contribution is -0.132. The van der Waals surface area contributed by atoms with E-state index >= 15 is 0 Å². The third-order valence-corrected chi connectivity index (χ3v) is 6.08. The first-order valence-corrected chi connectivity index (χ1v) is 10.8. The molecule has 3 amide bonds. The first kappa shape index (κ1) is 20.7. The molecule has 0 atom stereocenters. The topological polar surface area (TPSA) is 52.7 Å². The Balaban J connectivity index is 1.50. The zero-order valence-electron chi connectivity index (χ0n) is 17.7. The van der Waals surface area contributed by atoms with Crippen LogP contribution in [0.25, 0.3) is 0 Å². The molecule has 5 heteroatoms. The van der Waals surface area contributed by atoms with Crippen molar-refractivity contribution in [3.8, 4) is 0 Å². The van der Waals surface area contributed by atoms with Gasteiger partial charge in [-0.05, 0) is 48.3 Å². The van der Waals surface area contributed by atoms with Crippen LogP contribution in [-0.2, 0) is 10.2 Å². The molecule has 2 fully saturated rings. The molecule has 0 radical (unpaired) electrons. The van der Waals surface area contributed by atoms with Crippen molar-refractivity contribution < 1.29 is 9.59 Å². The fraction of sp³-hybridized carbons (Fsp3) is 0.652. The Kier molecular flexibility index (Phi) is 6.63. The number of carbonyl (C=O) groups excluding carboxylic acids is 2. The predicted molar refractivity (Wildman–Crippen MR) is 114 cm³/mol. The van der Waals surface area contributed by atoms with Gasteiger partial charge in [-0.2, -0.15) is 0 Å². The van der Waals surface area contributed by atoms with Gasteiger partial charge in [0, 0.05) is 38.3 Å². The first-order chi connectivity index (χ1) is 13.3. The molecule has 5 nitrogen and oxygen atoms in total. The highest BCUT2D eigenvalue weighted by molar-refractivity contribution is 5.89. The highest BCUT2D eigenvalue weighted by Crippen LogP contribution is 2.28. The standard InChI is InChI=1S/C23H35N3O2/c1-23(2,3)19-9-11-20(12-10-19)24-22(28)26-14-6-13-25(15-16-26)21(27)17-18-7-4-5-8-18/h9-12,18H,4-8,13-17H2,1-3H3,(H,24,28). The maximum absolute atomic E-state index is 12.7. The third kappa shape index (κ3) is 5.49. The molecule has 0 bridgehead atoms. The molecule has 2 aliphatic rings. The SMILES string of the molecule is CC(C)(C)c1ccc(NC(=O)N2CCCN(C(=O)CC3CCCC3)CC2)cc1.